The van der Waals surface area contributed by atoms with Crippen molar-refractivity contribution in [3.63, 3.8) is 0 Å². The van der Waals surface area contributed by atoms with Crippen LogP contribution in [0.3, 0.4) is 0 Å². The lowest BCUT2D eigenvalue weighted by atomic mass is 10.1. The molecule has 1 atom stereocenters. The lowest BCUT2D eigenvalue weighted by molar-refractivity contribution is -0.385. The van der Waals surface area contributed by atoms with Crippen LogP contribution in [0.4, 0.5) is 11.4 Å². The normalized spacial score (nSPS) is 12.0. The number of nitrogens with zero attached hydrogens (tertiary/aromatic N) is 3. The number of benzene rings is 1. The van der Waals surface area contributed by atoms with Crippen LogP contribution < -0.4 is 11.1 Å². The maximum atomic E-state index is 12.3. The molecule has 0 aliphatic heterocycles. The van der Waals surface area contributed by atoms with Crippen molar-refractivity contribution in [1.82, 2.24) is 15.1 Å². The minimum atomic E-state index is -0.607. The first kappa shape index (κ1) is 17.5. The van der Waals surface area contributed by atoms with Gasteiger partial charge in [0.25, 0.3) is 11.6 Å². The molecule has 0 bridgehead atoms. The van der Waals surface area contributed by atoms with Gasteiger partial charge in [0.1, 0.15) is 5.56 Å². The van der Waals surface area contributed by atoms with E-state index in [1.165, 1.54) is 18.2 Å². The number of nitro groups is 1. The van der Waals surface area contributed by atoms with Gasteiger partial charge in [-0.05, 0) is 31.9 Å². The number of amides is 1. The number of hydrogen-bond donors (Lipinski definition) is 2. The number of carbonyl (C=O) groups excluding carboxylic acids is 1. The predicted molar refractivity (Wildman–Crippen MR) is 90.7 cm³/mol. The molecular formula is C16H21N5O3. The number of nitrogen functional groups attached to an aromatic ring is 1. The summed E-state index contributed by atoms with van der Waals surface area (Å²) in [6.45, 7) is 6.88. The number of rotatable bonds is 6. The van der Waals surface area contributed by atoms with Crippen molar-refractivity contribution < 1.29 is 9.72 Å². The van der Waals surface area contributed by atoms with Crippen molar-refractivity contribution in [2.45, 2.75) is 27.3 Å². The van der Waals surface area contributed by atoms with Crippen molar-refractivity contribution in [2.24, 2.45) is 5.92 Å². The molecule has 8 heteroatoms. The molecule has 1 aromatic heterocycles. The van der Waals surface area contributed by atoms with Crippen LogP contribution in [0.15, 0.2) is 24.3 Å². The number of nitrogens with one attached hydrogen (secondary N) is 1. The summed E-state index contributed by atoms with van der Waals surface area (Å²) in [6.07, 6.45) is 0. The fourth-order valence-corrected chi connectivity index (χ4v) is 2.53. The van der Waals surface area contributed by atoms with E-state index < -0.39 is 10.8 Å². The smallest absolute Gasteiger partial charge is 0.284 e. The van der Waals surface area contributed by atoms with Crippen molar-refractivity contribution in [1.29, 1.82) is 0 Å². The summed E-state index contributed by atoms with van der Waals surface area (Å²) in [5.41, 5.74) is 7.43. The first-order valence-electron chi connectivity index (χ1n) is 7.61. The van der Waals surface area contributed by atoms with Crippen molar-refractivity contribution in [3.05, 3.63) is 51.3 Å². The molecule has 0 unspecified atom stereocenters. The Bertz CT molecular complexity index is 769. The Morgan fingerprint density at radius 1 is 1.46 bits per heavy atom. The van der Waals surface area contributed by atoms with E-state index in [1.54, 1.807) is 0 Å². The Kier molecular flexibility index (Phi) is 5.18. The molecule has 0 spiro atoms. The summed E-state index contributed by atoms with van der Waals surface area (Å²) in [5.74, 6) is -0.434. The molecule has 0 radical (unpaired) electrons. The second-order valence-corrected chi connectivity index (χ2v) is 5.92. The van der Waals surface area contributed by atoms with Gasteiger partial charge in [0.05, 0.1) is 16.3 Å². The summed E-state index contributed by atoms with van der Waals surface area (Å²) in [7, 11) is 0. The minimum absolute atomic E-state index is 0.0906. The van der Waals surface area contributed by atoms with Gasteiger partial charge in [-0.3, -0.25) is 19.6 Å². The van der Waals surface area contributed by atoms with E-state index in [9.17, 15) is 14.9 Å². The Morgan fingerprint density at radius 3 is 2.75 bits per heavy atom. The van der Waals surface area contributed by atoms with E-state index in [0.29, 0.717) is 13.1 Å². The molecule has 1 heterocycles. The Labute approximate surface area is 139 Å². The average molecular weight is 331 g/mol. The van der Waals surface area contributed by atoms with Crippen LogP contribution in [0.1, 0.15) is 28.7 Å². The highest BCUT2D eigenvalue weighted by Crippen LogP contribution is 2.23. The highest BCUT2D eigenvalue weighted by molar-refractivity contribution is 6.03. The van der Waals surface area contributed by atoms with Crippen molar-refractivity contribution in [3.8, 4) is 0 Å². The van der Waals surface area contributed by atoms with Gasteiger partial charge in [-0.25, -0.2) is 0 Å². The molecule has 128 valence electrons. The highest BCUT2D eigenvalue weighted by atomic mass is 16.6. The molecule has 1 aromatic carbocycles. The SMILES string of the molecule is Cc1cc(C)n(C[C@@H](C)CNC(=O)c2c(N)cccc2[N+](=O)[O-])n1. The molecular weight excluding hydrogens is 310 g/mol. The first-order chi connectivity index (χ1) is 11.3. The fourth-order valence-electron chi connectivity index (χ4n) is 2.53. The van der Waals surface area contributed by atoms with E-state index >= 15 is 0 Å². The molecule has 0 saturated heterocycles. The summed E-state index contributed by atoms with van der Waals surface area (Å²) < 4.78 is 1.88. The topological polar surface area (TPSA) is 116 Å². The highest BCUT2D eigenvalue weighted by Gasteiger charge is 2.23. The van der Waals surface area contributed by atoms with Crippen molar-refractivity contribution in [2.75, 3.05) is 12.3 Å². The standard InChI is InChI=1S/C16H21N5O3/c1-10(9-20-12(3)7-11(2)19-20)8-18-16(22)15-13(17)5-4-6-14(15)21(23)24/h4-7,10H,8-9,17H2,1-3H3,(H,18,22)/t10-/m0/s1. The first-order valence-corrected chi connectivity index (χ1v) is 7.61. The molecule has 1 amide bonds. The van der Waals surface area contributed by atoms with Gasteiger partial charge >= 0.3 is 0 Å². The number of aryl methyl sites for hydroxylation is 2. The third-order valence-electron chi connectivity index (χ3n) is 3.70. The molecule has 8 nitrogen and oxygen atoms in total. The lowest BCUT2D eigenvalue weighted by Crippen LogP contribution is -2.31. The number of aromatic nitrogens is 2. The second-order valence-electron chi connectivity index (χ2n) is 5.92. The summed E-state index contributed by atoms with van der Waals surface area (Å²) in [6, 6.07) is 6.18. The van der Waals surface area contributed by atoms with E-state index in [1.807, 2.05) is 31.5 Å². The maximum Gasteiger partial charge on any atom is 0.284 e. The van der Waals surface area contributed by atoms with Crippen LogP contribution in [-0.2, 0) is 6.54 Å². The molecule has 0 saturated carbocycles. The molecule has 24 heavy (non-hydrogen) atoms. The number of hydrogen-bond acceptors (Lipinski definition) is 5. The maximum absolute atomic E-state index is 12.3. The predicted octanol–water partition coefficient (Wildman–Crippen LogP) is 2.06. The molecule has 0 aliphatic carbocycles. The van der Waals surface area contributed by atoms with Gasteiger partial charge in [0, 0.05) is 24.8 Å². The van der Waals surface area contributed by atoms with E-state index in [4.69, 9.17) is 5.73 Å². The fraction of sp³-hybridized carbons (Fsp3) is 0.375. The molecule has 2 aromatic rings. The zero-order valence-corrected chi connectivity index (χ0v) is 13.9. The van der Waals surface area contributed by atoms with Crippen molar-refractivity contribution >= 4 is 17.3 Å². The van der Waals surface area contributed by atoms with Gasteiger partial charge in [0.2, 0.25) is 0 Å². The van der Waals surface area contributed by atoms with Gasteiger partial charge in [-0.1, -0.05) is 13.0 Å². The van der Waals surface area contributed by atoms with E-state index in [2.05, 4.69) is 10.4 Å². The van der Waals surface area contributed by atoms with E-state index in [0.717, 1.165) is 11.4 Å². The summed E-state index contributed by atoms with van der Waals surface area (Å²) in [5, 5.41) is 18.2. The average Bonchev–Trinajstić information content (AvgIpc) is 2.82. The quantitative estimate of drug-likeness (QED) is 0.477. The third-order valence-corrected chi connectivity index (χ3v) is 3.70. The second kappa shape index (κ2) is 7.12. The summed E-state index contributed by atoms with van der Waals surface area (Å²) >= 11 is 0. The zero-order valence-electron chi connectivity index (χ0n) is 13.9. The largest absolute Gasteiger partial charge is 0.398 e. The third kappa shape index (κ3) is 3.89. The number of carbonyl (C=O) groups is 1. The van der Waals surface area contributed by atoms with Crippen LogP contribution >= 0.6 is 0 Å². The number of nitrogens with two attached hydrogens (primary N) is 1. The van der Waals surface area contributed by atoms with Gasteiger partial charge < -0.3 is 11.1 Å². The lowest BCUT2D eigenvalue weighted by Gasteiger charge is -2.14. The Morgan fingerprint density at radius 2 is 2.17 bits per heavy atom. The van der Waals surface area contributed by atoms with Gasteiger partial charge in [-0.2, -0.15) is 5.10 Å². The molecule has 0 aliphatic rings. The van der Waals surface area contributed by atoms with Crippen LogP contribution in [-0.4, -0.2) is 27.2 Å². The van der Waals surface area contributed by atoms with Gasteiger partial charge in [0.15, 0.2) is 0 Å². The van der Waals surface area contributed by atoms with Crippen LogP contribution in [0.25, 0.3) is 0 Å². The monoisotopic (exact) mass is 331 g/mol. The summed E-state index contributed by atoms with van der Waals surface area (Å²) in [4.78, 5) is 22.8. The van der Waals surface area contributed by atoms with Gasteiger partial charge in [-0.15, -0.1) is 0 Å². The van der Waals surface area contributed by atoms with Crippen LogP contribution in [0, 0.1) is 29.9 Å². The molecule has 2 rings (SSSR count). The van der Waals surface area contributed by atoms with Crippen LogP contribution in [0.2, 0.25) is 0 Å². The molecule has 0 fully saturated rings. The Hall–Kier alpha value is -2.90. The number of anilines is 1. The van der Waals surface area contributed by atoms with E-state index in [-0.39, 0.29) is 22.9 Å². The minimum Gasteiger partial charge on any atom is -0.398 e. The molecule has 3 N–H and O–H groups in total. The number of nitro benzene ring substituents is 1. The zero-order chi connectivity index (χ0) is 17.9. The Balaban J connectivity index is 2.03. The van der Waals surface area contributed by atoms with Crippen LogP contribution in [0.5, 0.6) is 0 Å².